The highest BCUT2D eigenvalue weighted by Gasteiger charge is 2.33. The van der Waals surface area contributed by atoms with Gasteiger partial charge in [0, 0.05) is 6.04 Å². The van der Waals surface area contributed by atoms with Gasteiger partial charge in [-0.3, -0.25) is 20.0 Å². The summed E-state index contributed by atoms with van der Waals surface area (Å²) in [4.78, 5) is 22.0. The first kappa shape index (κ1) is 17.4. The fraction of sp³-hybridized carbons (Fsp3) is 0.286. The number of aromatic nitrogens is 2. The summed E-state index contributed by atoms with van der Waals surface area (Å²) in [6.07, 6.45) is -3.69. The zero-order valence-corrected chi connectivity index (χ0v) is 12.4. The Bertz CT molecular complexity index is 758. The Labute approximate surface area is 134 Å². The number of benzene rings is 1. The van der Waals surface area contributed by atoms with Crippen molar-refractivity contribution in [3.05, 3.63) is 57.4 Å². The molecular formula is C14H13F3N4O3. The van der Waals surface area contributed by atoms with E-state index in [0.717, 1.165) is 12.3 Å². The van der Waals surface area contributed by atoms with Crippen molar-refractivity contribution in [2.24, 2.45) is 0 Å². The second kappa shape index (κ2) is 6.69. The van der Waals surface area contributed by atoms with Crippen molar-refractivity contribution in [1.29, 1.82) is 0 Å². The third kappa shape index (κ3) is 3.89. The monoisotopic (exact) mass is 342 g/mol. The number of aromatic amines is 1. The molecule has 0 bridgehead atoms. The van der Waals surface area contributed by atoms with Crippen molar-refractivity contribution < 1.29 is 22.9 Å². The highest BCUT2D eigenvalue weighted by atomic mass is 19.4. The molecule has 10 heteroatoms. The molecule has 128 valence electrons. The van der Waals surface area contributed by atoms with Gasteiger partial charge in [0.15, 0.2) is 0 Å². The molecule has 0 saturated heterocycles. The lowest BCUT2D eigenvalue weighted by Crippen LogP contribution is -2.35. The van der Waals surface area contributed by atoms with Crippen LogP contribution >= 0.6 is 0 Å². The van der Waals surface area contributed by atoms with E-state index in [1.54, 1.807) is 0 Å². The molecule has 0 aliphatic heterocycles. The average molecular weight is 342 g/mol. The summed E-state index contributed by atoms with van der Waals surface area (Å²) < 4.78 is 38.9. The highest BCUT2D eigenvalue weighted by Crippen LogP contribution is 2.32. The van der Waals surface area contributed by atoms with Crippen LogP contribution in [0.1, 0.15) is 28.5 Å². The van der Waals surface area contributed by atoms with Crippen molar-refractivity contribution in [1.82, 2.24) is 15.5 Å². The van der Waals surface area contributed by atoms with Crippen molar-refractivity contribution in [2.75, 3.05) is 0 Å². The summed E-state index contributed by atoms with van der Waals surface area (Å²) in [6, 6.07) is 4.36. The van der Waals surface area contributed by atoms with Crippen LogP contribution in [0.4, 0.5) is 18.9 Å². The van der Waals surface area contributed by atoms with Gasteiger partial charge in [-0.2, -0.15) is 18.3 Å². The van der Waals surface area contributed by atoms with Gasteiger partial charge in [-0.1, -0.05) is 18.2 Å². The SMILES string of the molecule is C[C@H](Cc1ccccc1C(F)(F)F)NC(=O)c1[nH]ncc1[N+](=O)[O-]. The lowest BCUT2D eigenvalue weighted by atomic mass is 10.0. The number of hydrogen-bond donors (Lipinski definition) is 2. The maximum atomic E-state index is 13.0. The standard InChI is InChI=1S/C14H13F3N4O3/c1-8(6-9-4-2-3-5-10(9)14(15,16)17)19-13(22)12-11(21(23)24)7-18-20-12/h2-5,7-8H,6H2,1H3,(H,18,20)(H,19,22)/t8-/m1/s1. The Morgan fingerprint density at radius 3 is 2.71 bits per heavy atom. The van der Waals surface area contributed by atoms with Crippen LogP contribution in [0.5, 0.6) is 0 Å². The Balaban J connectivity index is 2.12. The third-order valence-corrected chi connectivity index (χ3v) is 3.27. The second-order valence-corrected chi connectivity index (χ2v) is 5.12. The topological polar surface area (TPSA) is 101 Å². The Morgan fingerprint density at radius 1 is 1.42 bits per heavy atom. The average Bonchev–Trinajstić information content (AvgIpc) is 2.96. The van der Waals surface area contributed by atoms with E-state index in [1.165, 1.54) is 25.1 Å². The van der Waals surface area contributed by atoms with Crippen LogP contribution in [0.15, 0.2) is 30.5 Å². The molecule has 0 spiro atoms. The van der Waals surface area contributed by atoms with Gasteiger partial charge in [-0.25, -0.2) is 0 Å². The number of halogens is 3. The minimum atomic E-state index is -4.50. The quantitative estimate of drug-likeness (QED) is 0.644. The van der Waals surface area contributed by atoms with Gasteiger partial charge in [0.2, 0.25) is 5.69 Å². The molecule has 0 aliphatic carbocycles. The van der Waals surface area contributed by atoms with E-state index in [-0.39, 0.29) is 17.7 Å². The van der Waals surface area contributed by atoms with Crippen molar-refractivity contribution in [3.63, 3.8) is 0 Å². The van der Waals surface area contributed by atoms with E-state index in [2.05, 4.69) is 15.5 Å². The molecule has 0 fully saturated rings. The number of hydrogen-bond acceptors (Lipinski definition) is 4. The summed E-state index contributed by atoms with van der Waals surface area (Å²) in [5.41, 5.74) is -1.61. The number of rotatable bonds is 5. The number of carbonyl (C=O) groups excluding carboxylic acids is 1. The molecule has 1 amide bonds. The molecule has 0 saturated carbocycles. The van der Waals surface area contributed by atoms with Gasteiger partial charge >= 0.3 is 11.9 Å². The lowest BCUT2D eigenvalue weighted by molar-refractivity contribution is -0.385. The Morgan fingerprint density at radius 2 is 2.08 bits per heavy atom. The van der Waals surface area contributed by atoms with Crippen LogP contribution < -0.4 is 5.32 Å². The van der Waals surface area contributed by atoms with Crippen molar-refractivity contribution in [2.45, 2.75) is 25.6 Å². The van der Waals surface area contributed by atoms with Crippen LogP contribution in [0.2, 0.25) is 0 Å². The predicted molar refractivity (Wildman–Crippen MR) is 77.3 cm³/mol. The molecule has 2 aromatic rings. The summed E-state index contributed by atoms with van der Waals surface area (Å²) >= 11 is 0. The fourth-order valence-electron chi connectivity index (χ4n) is 2.24. The summed E-state index contributed by atoms with van der Waals surface area (Å²) in [6.45, 7) is 1.51. The van der Waals surface area contributed by atoms with Gasteiger partial charge in [-0.15, -0.1) is 0 Å². The largest absolute Gasteiger partial charge is 0.416 e. The van der Waals surface area contributed by atoms with E-state index in [0.29, 0.717) is 0 Å². The summed E-state index contributed by atoms with van der Waals surface area (Å²) in [5, 5.41) is 18.8. The molecule has 1 heterocycles. The molecule has 2 rings (SSSR count). The molecule has 0 radical (unpaired) electrons. The van der Waals surface area contributed by atoms with E-state index in [9.17, 15) is 28.1 Å². The second-order valence-electron chi connectivity index (χ2n) is 5.12. The molecule has 0 aliphatic rings. The maximum Gasteiger partial charge on any atom is 0.416 e. The minimum absolute atomic E-state index is 0.0249. The number of nitro groups is 1. The molecular weight excluding hydrogens is 329 g/mol. The molecule has 0 unspecified atom stereocenters. The van der Waals surface area contributed by atoms with Gasteiger partial charge in [0.25, 0.3) is 5.91 Å². The van der Waals surface area contributed by atoms with E-state index in [1.807, 2.05) is 0 Å². The minimum Gasteiger partial charge on any atom is -0.348 e. The first-order valence-corrected chi connectivity index (χ1v) is 6.84. The number of amides is 1. The molecule has 1 aromatic carbocycles. The molecule has 2 N–H and O–H groups in total. The highest BCUT2D eigenvalue weighted by molar-refractivity contribution is 5.96. The van der Waals surface area contributed by atoms with Gasteiger partial charge < -0.3 is 5.32 Å². The first-order valence-electron chi connectivity index (χ1n) is 6.84. The van der Waals surface area contributed by atoms with Gasteiger partial charge in [0.05, 0.1) is 10.5 Å². The number of nitrogens with one attached hydrogen (secondary N) is 2. The van der Waals surface area contributed by atoms with Crippen LogP contribution in [-0.2, 0) is 12.6 Å². The number of H-pyrrole nitrogens is 1. The Kier molecular flexibility index (Phi) is 4.86. The molecule has 1 aromatic heterocycles. The van der Waals surface area contributed by atoms with Crippen LogP contribution in [0.3, 0.4) is 0 Å². The van der Waals surface area contributed by atoms with Crippen molar-refractivity contribution >= 4 is 11.6 Å². The van der Waals surface area contributed by atoms with Crippen molar-refractivity contribution in [3.8, 4) is 0 Å². The molecule has 24 heavy (non-hydrogen) atoms. The van der Waals surface area contributed by atoms with E-state index in [4.69, 9.17) is 0 Å². The van der Waals surface area contributed by atoms with Gasteiger partial charge in [-0.05, 0) is 25.0 Å². The van der Waals surface area contributed by atoms with Crippen LogP contribution in [-0.4, -0.2) is 27.1 Å². The number of alkyl halides is 3. The number of carbonyl (C=O) groups is 1. The predicted octanol–water partition coefficient (Wildman–Crippen LogP) is 2.70. The molecule has 7 nitrogen and oxygen atoms in total. The van der Waals surface area contributed by atoms with Crippen LogP contribution in [0, 0.1) is 10.1 Å². The van der Waals surface area contributed by atoms with E-state index >= 15 is 0 Å². The fourth-order valence-corrected chi connectivity index (χ4v) is 2.24. The Hall–Kier alpha value is -2.91. The van der Waals surface area contributed by atoms with E-state index < -0.39 is 34.3 Å². The smallest absolute Gasteiger partial charge is 0.348 e. The van der Waals surface area contributed by atoms with Crippen LogP contribution in [0.25, 0.3) is 0 Å². The first-order chi connectivity index (χ1) is 11.2. The lowest BCUT2D eigenvalue weighted by Gasteiger charge is -2.17. The summed E-state index contributed by atoms with van der Waals surface area (Å²) in [7, 11) is 0. The number of nitrogens with zero attached hydrogens (tertiary/aromatic N) is 2. The third-order valence-electron chi connectivity index (χ3n) is 3.27. The normalized spacial score (nSPS) is 12.7. The zero-order chi connectivity index (χ0) is 17.9. The zero-order valence-electron chi connectivity index (χ0n) is 12.4. The maximum absolute atomic E-state index is 13.0. The van der Waals surface area contributed by atoms with Gasteiger partial charge in [0.1, 0.15) is 6.20 Å². The summed E-state index contributed by atoms with van der Waals surface area (Å²) in [5.74, 6) is -0.809. The molecule has 1 atom stereocenters.